The second kappa shape index (κ2) is 10.5. The van der Waals surface area contributed by atoms with E-state index in [9.17, 15) is 8.42 Å². The van der Waals surface area contributed by atoms with E-state index in [1.165, 1.54) is 0 Å². The number of aryl methyl sites for hydroxylation is 1. The summed E-state index contributed by atoms with van der Waals surface area (Å²) in [5.74, 6) is 2.32. The molecule has 1 aromatic carbocycles. The topological polar surface area (TPSA) is 118 Å². The fourth-order valence-corrected chi connectivity index (χ4v) is 3.28. The minimum Gasteiger partial charge on any atom is -0.492 e. The van der Waals surface area contributed by atoms with Crippen LogP contribution in [0, 0.1) is 6.92 Å². The van der Waals surface area contributed by atoms with Gasteiger partial charge < -0.3 is 15.4 Å². The smallest absolute Gasteiger partial charge is 0.215 e. The van der Waals surface area contributed by atoms with E-state index in [2.05, 4.69) is 30.5 Å². The largest absolute Gasteiger partial charge is 0.492 e. The number of pyridine rings is 1. The number of nitrogens with zero attached hydrogens (tertiary/aromatic N) is 3. The van der Waals surface area contributed by atoms with Crippen molar-refractivity contribution in [2.45, 2.75) is 6.92 Å². The van der Waals surface area contributed by atoms with Crippen LogP contribution in [0.1, 0.15) is 5.56 Å². The highest BCUT2D eigenvalue weighted by Gasteiger charge is 2.09. The van der Waals surface area contributed by atoms with Crippen molar-refractivity contribution in [2.75, 3.05) is 36.1 Å². The predicted molar refractivity (Wildman–Crippen MR) is 117 cm³/mol. The summed E-state index contributed by atoms with van der Waals surface area (Å²) in [5.41, 5.74) is 1.07. The van der Waals surface area contributed by atoms with Crippen LogP contribution < -0.4 is 20.1 Å². The Kier molecular flexibility index (Phi) is 7.52. The molecule has 0 unspecified atom stereocenters. The van der Waals surface area contributed by atoms with Gasteiger partial charge in [-0.25, -0.2) is 18.1 Å². The van der Waals surface area contributed by atoms with Gasteiger partial charge in [-0.05, 0) is 42.8 Å². The molecule has 30 heavy (non-hydrogen) atoms. The van der Waals surface area contributed by atoms with Crippen molar-refractivity contribution < 1.29 is 13.2 Å². The first kappa shape index (κ1) is 21.5. The molecule has 2 aromatic heterocycles. The molecular weight excluding hydrogens is 404 g/mol. The zero-order valence-electron chi connectivity index (χ0n) is 16.6. The highest BCUT2D eigenvalue weighted by molar-refractivity contribution is 7.89. The van der Waals surface area contributed by atoms with Gasteiger partial charge in [0.1, 0.15) is 24.0 Å². The molecule has 2 heterocycles. The van der Waals surface area contributed by atoms with E-state index >= 15 is 0 Å². The van der Waals surface area contributed by atoms with E-state index in [-0.39, 0.29) is 18.9 Å². The predicted octanol–water partition coefficient (Wildman–Crippen LogP) is 2.33. The number of para-hydroxylation sites is 1. The lowest BCUT2D eigenvalue weighted by Crippen LogP contribution is -2.32. The van der Waals surface area contributed by atoms with Crippen molar-refractivity contribution >= 4 is 27.5 Å². The standard InChI is InChI=1S/C20H24N6O3S/c1-16-7-8-18(22-15-16)24-20-10-9-19(25-26-20)21-11-12-23-30(27,28)14-13-29-17-5-3-2-4-6-17/h2-10,15,23H,11-14H2,1H3,(H,21,25)(H,22,24,26). The van der Waals surface area contributed by atoms with E-state index in [1.54, 1.807) is 30.5 Å². The fourth-order valence-electron chi connectivity index (χ4n) is 2.42. The average molecular weight is 429 g/mol. The summed E-state index contributed by atoms with van der Waals surface area (Å²) in [6.07, 6.45) is 1.76. The zero-order chi connectivity index (χ0) is 21.2. The van der Waals surface area contributed by atoms with Crippen LogP contribution in [0.4, 0.5) is 17.5 Å². The van der Waals surface area contributed by atoms with Gasteiger partial charge in [0, 0.05) is 19.3 Å². The summed E-state index contributed by atoms with van der Waals surface area (Å²) in [7, 11) is -3.42. The Labute approximate surface area is 176 Å². The van der Waals surface area contributed by atoms with Crippen molar-refractivity contribution in [3.05, 3.63) is 66.4 Å². The van der Waals surface area contributed by atoms with Gasteiger partial charge in [-0.15, -0.1) is 10.2 Å². The Morgan fingerprint density at radius 1 is 0.900 bits per heavy atom. The summed E-state index contributed by atoms with van der Waals surface area (Å²) in [4.78, 5) is 4.25. The molecule has 0 aliphatic rings. The first-order chi connectivity index (χ1) is 14.5. The first-order valence-electron chi connectivity index (χ1n) is 9.43. The van der Waals surface area contributed by atoms with Crippen molar-refractivity contribution in [3.8, 4) is 5.75 Å². The summed E-state index contributed by atoms with van der Waals surface area (Å²) < 4.78 is 32.0. The maximum absolute atomic E-state index is 12.0. The molecule has 158 valence electrons. The fraction of sp³-hybridized carbons (Fsp3) is 0.250. The molecule has 0 spiro atoms. The Morgan fingerprint density at radius 3 is 2.33 bits per heavy atom. The molecule has 3 aromatic rings. The number of sulfonamides is 1. The molecule has 10 heteroatoms. The molecule has 3 N–H and O–H groups in total. The number of hydrogen-bond acceptors (Lipinski definition) is 8. The van der Waals surface area contributed by atoms with Crippen molar-refractivity contribution in [1.29, 1.82) is 0 Å². The van der Waals surface area contributed by atoms with Crippen molar-refractivity contribution in [2.24, 2.45) is 0 Å². The zero-order valence-corrected chi connectivity index (χ0v) is 17.4. The number of rotatable bonds is 11. The third-order valence-electron chi connectivity index (χ3n) is 3.95. The summed E-state index contributed by atoms with van der Waals surface area (Å²) in [6.45, 7) is 2.65. The SMILES string of the molecule is Cc1ccc(Nc2ccc(NCCNS(=O)(=O)CCOc3ccccc3)nn2)nc1. The molecule has 0 amide bonds. The van der Waals surface area contributed by atoms with Crippen LogP contribution in [0.3, 0.4) is 0 Å². The molecule has 0 saturated heterocycles. The molecule has 3 rings (SSSR count). The Bertz CT molecular complexity index is 1010. The highest BCUT2D eigenvalue weighted by atomic mass is 32.2. The molecular formula is C20H24N6O3S. The number of anilines is 3. The highest BCUT2D eigenvalue weighted by Crippen LogP contribution is 2.12. The van der Waals surface area contributed by atoms with Crippen LogP contribution in [0.15, 0.2) is 60.8 Å². The molecule has 0 aliphatic heterocycles. The van der Waals surface area contributed by atoms with Crippen LogP contribution >= 0.6 is 0 Å². The first-order valence-corrected chi connectivity index (χ1v) is 11.1. The monoisotopic (exact) mass is 428 g/mol. The average Bonchev–Trinajstić information content (AvgIpc) is 2.75. The van der Waals surface area contributed by atoms with Crippen LogP contribution in [0.5, 0.6) is 5.75 Å². The van der Waals surface area contributed by atoms with E-state index in [0.717, 1.165) is 5.56 Å². The maximum atomic E-state index is 12.0. The van der Waals surface area contributed by atoms with Gasteiger partial charge in [-0.2, -0.15) is 0 Å². The van der Waals surface area contributed by atoms with E-state index < -0.39 is 10.0 Å². The Morgan fingerprint density at radius 2 is 1.63 bits per heavy atom. The van der Waals surface area contributed by atoms with Gasteiger partial charge >= 0.3 is 0 Å². The number of nitrogens with one attached hydrogen (secondary N) is 3. The van der Waals surface area contributed by atoms with Gasteiger partial charge in [-0.1, -0.05) is 24.3 Å². The van der Waals surface area contributed by atoms with Crippen molar-refractivity contribution in [1.82, 2.24) is 19.9 Å². The number of aromatic nitrogens is 3. The quantitative estimate of drug-likeness (QED) is 0.398. The van der Waals surface area contributed by atoms with Crippen LogP contribution in [-0.4, -0.2) is 49.0 Å². The van der Waals surface area contributed by atoms with E-state index in [0.29, 0.717) is 29.7 Å². The minimum atomic E-state index is -3.42. The molecule has 0 radical (unpaired) electrons. The third kappa shape index (κ3) is 7.30. The molecule has 0 fully saturated rings. The second-order valence-electron chi connectivity index (χ2n) is 6.45. The molecule has 0 atom stereocenters. The second-order valence-corrected chi connectivity index (χ2v) is 8.38. The maximum Gasteiger partial charge on any atom is 0.215 e. The molecule has 0 aliphatic carbocycles. The summed E-state index contributed by atoms with van der Waals surface area (Å²) in [5, 5.41) is 14.2. The minimum absolute atomic E-state index is 0.0859. The van der Waals surface area contributed by atoms with Crippen LogP contribution in [0.25, 0.3) is 0 Å². The van der Waals surface area contributed by atoms with Gasteiger partial charge in [-0.3, -0.25) is 0 Å². The summed E-state index contributed by atoms with van der Waals surface area (Å²) >= 11 is 0. The normalized spacial score (nSPS) is 11.1. The number of hydrogen-bond donors (Lipinski definition) is 3. The molecule has 0 bridgehead atoms. The van der Waals surface area contributed by atoms with Gasteiger partial charge in [0.25, 0.3) is 0 Å². The third-order valence-corrected chi connectivity index (χ3v) is 5.30. The Hall–Kier alpha value is -3.24. The number of benzene rings is 1. The molecule has 0 saturated carbocycles. The Balaban J connectivity index is 1.35. The molecule has 9 nitrogen and oxygen atoms in total. The van der Waals surface area contributed by atoms with Gasteiger partial charge in [0.15, 0.2) is 5.82 Å². The van der Waals surface area contributed by atoms with E-state index in [1.807, 2.05) is 37.3 Å². The number of ether oxygens (including phenoxy) is 1. The lowest BCUT2D eigenvalue weighted by Gasteiger charge is -2.09. The van der Waals surface area contributed by atoms with Crippen LogP contribution in [0.2, 0.25) is 0 Å². The van der Waals surface area contributed by atoms with Gasteiger partial charge in [0.2, 0.25) is 10.0 Å². The van der Waals surface area contributed by atoms with E-state index in [4.69, 9.17) is 4.74 Å². The summed E-state index contributed by atoms with van der Waals surface area (Å²) in [6, 6.07) is 16.4. The lowest BCUT2D eigenvalue weighted by molar-refractivity contribution is 0.340. The lowest BCUT2D eigenvalue weighted by atomic mass is 10.3. The van der Waals surface area contributed by atoms with Crippen LogP contribution in [-0.2, 0) is 10.0 Å². The van der Waals surface area contributed by atoms with Gasteiger partial charge in [0.05, 0.1) is 5.75 Å². The van der Waals surface area contributed by atoms with Crippen molar-refractivity contribution in [3.63, 3.8) is 0 Å².